The van der Waals surface area contributed by atoms with Gasteiger partial charge in [-0.05, 0) is 0 Å². The zero-order valence-corrected chi connectivity index (χ0v) is 17.6. The van der Waals surface area contributed by atoms with Gasteiger partial charge in [-0.15, -0.1) is 0 Å². The van der Waals surface area contributed by atoms with E-state index in [1.54, 1.807) is 17.6 Å². The molecule has 3 N–H and O–H groups in total. The Morgan fingerprint density at radius 2 is 2.28 bits per heavy atom. The average molecular weight is 468 g/mol. The normalized spacial score (nSPS) is 18.4. The van der Waals surface area contributed by atoms with Crippen LogP contribution < -0.4 is 32.3 Å². The molecular weight excluding hydrogens is 445 g/mol. The van der Waals surface area contributed by atoms with Crippen LogP contribution in [0.1, 0.15) is 45.7 Å². The Morgan fingerprint density at radius 3 is 2.92 bits per heavy atom. The van der Waals surface area contributed by atoms with E-state index in [-0.39, 0.29) is 6.04 Å². The van der Waals surface area contributed by atoms with Crippen molar-refractivity contribution in [1.29, 1.82) is 0 Å². The number of fused-ring (bicyclic) bond motifs is 1. The van der Waals surface area contributed by atoms with Crippen LogP contribution in [-0.4, -0.2) is 9.41 Å². The van der Waals surface area contributed by atoms with Gasteiger partial charge in [-0.1, -0.05) is 0 Å². The maximum atomic E-state index is 6.47. The van der Waals surface area contributed by atoms with Crippen molar-refractivity contribution in [3.8, 4) is 0 Å². The fraction of sp³-hybridized carbons (Fsp3) is 0.421. The molecule has 25 heavy (non-hydrogen) atoms. The molecule has 0 radical (unpaired) electrons. The monoisotopic (exact) mass is 468 g/mol. The van der Waals surface area contributed by atoms with Gasteiger partial charge in [0.15, 0.2) is 0 Å². The number of aromatic nitrogens is 1. The SMILES string of the molecule is Cc1c([C@@H](N)C(C)C)sc2c(NCc3ccco3)cc(C3C[I-]3)nc12. The Hall–Kier alpha value is -1.12. The number of rotatable bonds is 6. The zero-order chi connectivity index (χ0) is 17.6. The van der Waals surface area contributed by atoms with Gasteiger partial charge < -0.3 is 0 Å². The number of furan rings is 1. The number of pyridine rings is 1. The van der Waals surface area contributed by atoms with Gasteiger partial charge in [0.2, 0.25) is 0 Å². The quantitative estimate of drug-likeness (QED) is 0.427. The first-order valence-electron chi connectivity index (χ1n) is 8.58. The molecule has 2 atom stereocenters. The van der Waals surface area contributed by atoms with Crippen LogP contribution in [0.3, 0.4) is 0 Å². The molecule has 0 amide bonds. The van der Waals surface area contributed by atoms with Gasteiger partial charge in [-0.2, -0.15) is 0 Å². The van der Waals surface area contributed by atoms with Gasteiger partial charge in [-0.25, -0.2) is 0 Å². The minimum atomic E-state index is 0.0638. The number of hydrogen-bond donors (Lipinski definition) is 2. The molecular formula is C19H23IN3OS-. The molecule has 1 unspecified atom stereocenters. The van der Waals surface area contributed by atoms with Crippen LogP contribution in [0.5, 0.6) is 0 Å². The Bertz CT molecular complexity index is 884. The first-order chi connectivity index (χ1) is 12.0. The van der Waals surface area contributed by atoms with Gasteiger partial charge in [0.05, 0.1) is 0 Å². The van der Waals surface area contributed by atoms with E-state index in [4.69, 9.17) is 15.1 Å². The maximum absolute atomic E-state index is 6.47. The molecule has 1 fully saturated rings. The van der Waals surface area contributed by atoms with Crippen molar-refractivity contribution in [2.45, 2.75) is 37.3 Å². The van der Waals surface area contributed by atoms with Crippen LogP contribution in [-0.2, 0) is 6.54 Å². The Morgan fingerprint density at radius 1 is 1.48 bits per heavy atom. The molecule has 0 saturated carbocycles. The van der Waals surface area contributed by atoms with Gasteiger partial charge in [0, 0.05) is 0 Å². The topological polar surface area (TPSA) is 64.1 Å². The standard InChI is InChI=1S/C19H23IN3OS/c1-10(2)16(21)18-11(3)17-19(25-18)15(7-14(23-17)13-8-20-13)22-9-12-5-4-6-24-12/h4-7,10,13,16H,8-9,21H2,1-3H3,(H,22,23)/q-1/t13?,16-/m0/s1. The molecule has 1 saturated heterocycles. The summed E-state index contributed by atoms with van der Waals surface area (Å²) in [5.74, 6) is 1.36. The molecule has 6 heteroatoms. The number of anilines is 1. The van der Waals surface area contributed by atoms with Crippen LogP contribution in [0.4, 0.5) is 5.69 Å². The third-order valence-corrected chi connectivity index (χ3v) is 8.43. The zero-order valence-electron chi connectivity index (χ0n) is 14.7. The van der Waals surface area contributed by atoms with Crippen molar-refractivity contribution in [2.24, 2.45) is 11.7 Å². The van der Waals surface area contributed by atoms with Crippen LogP contribution in [0, 0.1) is 12.8 Å². The van der Waals surface area contributed by atoms with E-state index in [1.165, 1.54) is 30.9 Å². The molecule has 0 aromatic carbocycles. The summed E-state index contributed by atoms with van der Waals surface area (Å²) in [5.41, 5.74) is 11.3. The van der Waals surface area contributed by atoms with E-state index in [9.17, 15) is 0 Å². The number of aryl methyl sites for hydroxylation is 1. The van der Waals surface area contributed by atoms with E-state index < -0.39 is 0 Å². The fourth-order valence-corrected chi connectivity index (χ4v) is 5.81. The van der Waals surface area contributed by atoms with Gasteiger partial charge in [0.25, 0.3) is 0 Å². The van der Waals surface area contributed by atoms with E-state index >= 15 is 0 Å². The van der Waals surface area contributed by atoms with Crippen LogP contribution >= 0.6 is 11.3 Å². The molecule has 1 aliphatic rings. The van der Waals surface area contributed by atoms with E-state index in [0.29, 0.717) is 33.7 Å². The molecule has 0 aliphatic carbocycles. The summed E-state index contributed by atoms with van der Waals surface area (Å²) in [6.07, 6.45) is 1.72. The van der Waals surface area contributed by atoms with Crippen LogP contribution in [0.2, 0.25) is 0 Å². The molecule has 4 rings (SSSR count). The third kappa shape index (κ3) is 3.44. The summed E-state index contributed by atoms with van der Waals surface area (Å²) in [5, 5.41) is 3.57. The predicted molar refractivity (Wildman–Crippen MR) is 99.8 cm³/mol. The van der Waals surface area contributed by atoms with Crippen molar-refractivity contribution in [2.75, 3.05) is 9.74 Å². The molecule has 4 heterocycles. The van der Waals surface area contributed by atoms with Crippen molar-refractivity contribution < 1.29 is 25.6 Å². The van der Waals surface area contributed by atoms with Crippen LogP contribution in [0.25, 0.3) is 10.2 Å². The summed E-state index contributed by atoms with van der Waals surface area (Å²) in [6.45, 7) is 7.22. The number of nitrogens with two attached hydrogens (primary N) is 1. The Balaban J connectivity index is 1.77. The van der Waals surface area contributed by atoms with E-state index in [1.807, 2.05) is 12.1 Å². The number of halogens is 1. The first-order valence-corrected chi connectivity index (χ1v) is 12.2. The molecule has 134 valence electrons. The second-order valence-electron chi connectivity index (χ2n) is 6.84. The van der Waals surface area contributed by atoms with Gasteiger partial charge >= 0.3 is 163 Å². The summed E-state index contributed by atoms with van der Waals surface area (Å²) >= 11 is 2.12. The molecule has 3 aromatic heterocycles. The van der Waals surface area contributed by atoms with Crippen molar-refractivity contribution in [1.82, 2.24) is 4.98 Å². The van der Waals surface area contributed by atoms with E-state index in [0.717, 1.165) is 15.2 Å². The minimum absolute atomic E-state index is 0.0638. The fourth-order valence-electron chi connectivity index (χ4n) is 2.92. The number of alkyl halides is 2. The summed E-state index contributed by atoms with van der Waals surface area (Å²) in [6, 6.07) is 6.24. The number of hydrogen-bond acceptors (Lipinski definition) is 5. The van der Waals surface area contributed by atoms with Crippen LogP contribution in [0.15, 0.2) is 28.9 Å². The predicted octanol–water partition coefficient (Wildman–Crippen LogP) is 1.61. The van der Waals surface area contributed by atoms with E-state index in [2.05, 4.69) is 32.2 Å². The Kier molecular flexibility index (Phi) is 4.77. The summed E-state index contributed by atoms with van der Waals surface area (Å²) in [4.78, 5) is 6.29. The number of nitrogens with one attached hydrogen (secondary N) is 1. The molecule has 4 nitrogen and oxygen atoms in total. The number of nitrogens with zero attached hydrogens (tertiary/aromatic N) is 1. The average Bonchev–Trinajstić information content (AvgIpc) is 3.22. The number of thiophene rings is 1. The molecule has 0 spiro atoms. The second-order valence-corrected chi connectivity index (χ2v) is 11.2. The Labute approximate surface area is 162 Å². The van der Waals surface area contributed by atoms with Crippen molar-refractivity contribution in [3.63, 3.8) is 0 Å². The molecule has 1 aliphatic heterocycles. The second kappa shape index (κ2) is 6.89. The molecule has 0 bridgehead atoms. The van der Waals surface area contributed by atoms with Gasteiger partial charge in [-0.3, -0.25) is 0 Å². The van der Waals surface area contributed by atoms with Crippen molar-refractivity contribution >= 4 is 27.2 Å². The molecule has 3 aromatic rings. The van der Waals surface area contributed by atoms with Crippen molar-refractivity contribution in [3.05, 3.63) is 46.4 Å². The summed E-state index contributed by atoms with van der Waals surface area (Å²) < 4.78 is 8.77. The third-order valence-electron chi connectivity index (χ3n) is 4.61. The van der Waals surface area contributed by atoms with Gasteiger partial charge in [0.1, 0.15) is 0 Å². The summed E-state index contributed by atoms with van der Waals surface area (Å²) in [7, 11) is 0. The first kappa shape index (κ1) is 17.3.